The molecule has 1 rings (SSSR count). The number of alkyl halides is 2. The van der Waals surface area contributed by atoms with Gasteiger partial charge >= 0.3 is 6.55 Å². The number of hydrogen-bond acceptors (Lipinski definition) is 3. The summed E-state index contributed by atoms with van der Waals surface area (Å²) in [6.07, 6.45) is 1.94. The summed E-state index contributed by atoms with van der Waals surface area (Å²) in [5.41, 5.74) is -0.144. The highest BCUT2D eigenvalue weighted by molar-refractivity contribution is 5.92. The van der Waals surface area contributed by atoms with Crippen molar-refractivity contribution in [1.29, 1.82) is 0 Å². The topological polar surface area (TPSA) is 56.1 Å². The second kappa shape index (κ2) is 7.05. The summed E-state index contributed by atoms with van der Waals surface area (Å²) in [7, 11) is 0. The van der Waals surface area contributed by atoms with E-state index in [1.165, 1.54) is 12.3 Å². The molecular formula is C11H17F2N3O2. The van der Waals surface area contributed by atoms with Crippen LogP contribution in [0.5, 0.6) is 0 Å². The fraction of sp³-hybridized carbons (Fsp3) is 0.636. The summed E-state index contributed by atoms with van der Waals surface area (Å²) < 4.78 is 30.6. The normalized spacial score (nSPS) is 11.2. The van der Waals surface area contributed by atoms with Gasteiger partial charge in [0, 0.05) is 19.3 Å². The standard InChI is InChI=1S/C11H17F2N3O2/c1-8(2)18-7-3-5-14-10(17)9-4-6-15-16(9)11(12)13/h4,6,8,11H,3,5,7H2,1-2H3,(H,14,17). The van der Waals surface area contributed by atoms with Crippen LogP contribution in [0.1, 0.15) is 37.3 Å². The molecule has 1 N–H and O–H groups in total. The van der Waals surface area contributed by atoms with Crippen molar-refractivity contribution in [2.24, 2.45) is 0 Å². The van der Waals surface area contributed by atoms with Crippen LogP contribution in [0, 0.1) is 0 Å². The first kappa shape index (κ1) is 14.6. The van der Waals surface area contributed by atoms with Crippen molar-refractivity contribution >= 4 is 5.91 Å². The minimum atomic E-state index is -2.81. The zero-order chi connectivity index (χ0) is 13.5. The number of rotatable bonds is 7. The van der Waals surface area contributed by atoms with Crippen molar-refractivity contribution in [3.05, 3.63) is 18.0 Å². The van der Waals surface area contributed by atoms with Crippen molar-refractivity contribution in [2.75, 3.05) is 13.2 Å². The second-order valence-corrected chi connectivity index (χ2v) is 3.97. The van der Waals surface area contributed by atoms with E-state index in [4.69, 9.17) is 4.74 Å². The Morgan fingerprint density at radius 1 is 1.56 bits per heavy atom. The van der Waals surface area contributed by atoms with Crippen molar-refractivity contribution in [3.63, 3.8) is 0 Å². The molecule has 1 amide bonds. The van der Waals surface area contributed by atoms with E-state index in [9.17, 15) is 13.6 Å². The maximum Gasteiger partial charge on any atom is 0.333 e. The number of carbonyl (C=O) groups is 1. The zero-order valence-corrected chi connectivity index (χ0v) is 10.4. The first-order valence-electron chi connectivity index (χ1n) is 5.74. The SMILES string of the molecule is CC(C)OCCCNC(=O)c1ccnn1C(F)F. The molecule has 1 aromatic heterocycles. The van der Waals surface area contributed by atoms with Gasteiger partial charge in [-0.05, 0) is 26.3 Å². The molecule has 1 heterocycles. The molecule has 1 aromatic rings. The summed E-state index contributed by atoms with van der Waals surface area (Å²) in [5.74, 6) is -0.558. The van der Waals surface area contributed by atoms with Crippen LogP contribution in [-0.4, -0.2) is 34.9 Å². The van der Waals surface area contributed by atoms with Gasteiger partial charge in [-0.15, -0.1) is 0 Å². The zero-order valence-electron chi connectivity index (χ0n) is 10.4. The van der Waals surface area contributed by atoms with Crippen LogP contribution >= 0.6 is 0 Å². The lowest BCUT2D eigenvalue weighted by molar-refractivity contribution is 0.0506. The van der Waals surface area contributed by atoms with Crippen LogP contribution in [0.15, 0.2) is 12.3 Å². The van der Waals surface area contributed by atoms with E-state index in [0.29, 0.717) is 24.3 Å². The number of hydrogen-bond donors (Lipinski definition) is 1. The number of nitrogens with one attached hydrogen (secondary N) is 1. The second-order valence-electron chi connectivity index (χ2n) is 3.97. The molecule has 7 heteroatoms. The smallest absolute Gasteiger partial charge is 0.333 e. The van der Waals surface area contributed by atoms with Crippen LogP contribution in [-0.2, 0) is 4.74 Å². The molecular weight excluding hydrogens is 244 g/mol. The van der Waals surface area contributed by atoms with Gasteiger partial charge in [0.15, 0.2) is 0 Å². The molecule has 0 fully saturated rings. The van der Waals surface area contributed by atoms with Gasteiger partial charge in [0.2, 0.25) is 0 Å². The predicted octanol–water partition coefficient (Wildman–Crippen LogP) is 1.82. The van der Waals surface area contributed by atoms with Crippen LogP contribution in [0.2, 0.25) is 0 Å². The van der Waals surface area contributed by atoms with Crippen molar-refractivity contribution in [3.8, 4) is 0 Å². The minimum absolute atomic E-state index is 0.140. The Labute approximate surface area is 104 Å². The van der Waals surface area contributed by atoms with Gasteiger partial charge in [0.1, 0.15) is 5.69 Å². The van der Waals surface area contributed by atoms with E-state index in [1.54, 1.807) is 0 Å². The fourth-order valence-electron chi connectivity index (χ4n) is 1.33. The van der Waals surface area contributed by atoms with Gasteiger partial charge in [-0.2, -0.15) is 18.6 Å². The number of aromatic nitrogens is 2. The maximum absolute atomic E-state index is 12.5. The summed E-state index contributed by atoms with van der Waals surface area (Å²) >= 11 is 0. The van der Waals surface area contributed by atoms with Crippen molar-refractivity contribution in [2.45, 2.75) is 32.9 Å². The van der Waals surface area contributed by atoms with E-state index in [-0.39, 0.29) is 11.8 Å². The Hall–Kier alpha value is -1.50. The van der Waals surface area contributed by atoms with Crippen molar-refractivity contribution in [1.82, 2.24) is 15.1 Å². The number of halogens is 2. The summed E-state index contributed by atoms with van der Waals surface area (Å²) in [6.45, 7) is 1.91. The largest absolute Gasteiger partial charge is 0.379 e. The maximum atomic E-state index is 12.5. The predicted molar refractivity (Wildman–Crippen MR) is 61.5 cm³/mol. The third kappa shape index (κ3) is 4.40. The third-order valence-corrected chi connectivity index (χ3v) is 2.15. The molecule has 102 valence electrons. The lowest BCUT2D eigenvalue weighted by Crippen LogP contribution is -2.28. The number of nitrogens with zero attached hydrogens (tertiary/aromatic N) is 2. The first-order valence-corrected chi connectivity index (χ1v) is 5.74. The molecule has 0 saturated heterocycles. The average molecular weight is 261 g/mol. The van der Waals surface area contributed by atoms with Crippen LogP contribution in [0.4, 0.5) is 8.78 Å². The van der Waals surface area contributed by atoms with Gasteiger partial charge < -0.3 is 10.1 Å². The van der Waals surface area contributed by atoms with E-state index in [0.717, 1.165) is 0 Å². The molecule has 5 nitrogen and oxygen atoms in total. The van der Waals surface area contributed by atoms with Gasteiger partial charge in [-0.3, -0.25) is 4.79 Å². The summed E-state index contributed by atoms with van der Waals surface area (Å²) in [5, 5.41) is 5.93. The molecule has 18 heavy (non-hydrogen) atoms. The van der Waals surface area contributed by atoms with E-state index >= 15 is 0 Å². The molecule has 0 unspecified atom stereocenters. The molecule has 0 saturated carbocycles. The number of carbonyl (C=O) groups excluding carboxylic acids is 1. The molecule has 0 aromatic carbocycles. The van der Waals surface area contributed by atoms with Crippen molar-refractivity contribution < 1.29 is 18.3 Å². The molecule has 0 aliphatic heterocycles. The Morgan fingerprint density at radius 3 is 2.89 bits per heavy atom. The van der Waals surface area contributed by atoms with Gasteiger partial charge in [0.25, 0.3) is 5.91 Å². The Bertz CT molecular complexity index is 380. The first-order chi connectivity index (χ1) is 8.52. The molecule has 0 radical (unpaired) electrons. The molecule has 0 atom stereocenters. The Morgan fingerprint density at radius 2 is 2.28 bits per heavy atom. The van der Waals surface area contributed by atoms with Crippen LogP contribution in [0.25, 0.3) is 0 Å². The van der Waals surface area contributed by atoms with E-state index in [1.807, 2.05) is 13.8 Å². The number of ether oxygens (including phenoxy) is 1. The van der Waals surface area contributed by atoms with Crippen LogP contribution in [0.3, 0.4) is 0 Å². The highest BCUT2D eigenvalue weighted by Gasteiger charge is 2.17. The molecule has 0 spiro atoms. The molecule has 0 bridgehead atoms. The monoisotopic (exact) mass is 261 g/mol. The Kier molecular flexibility index (Phi) is 5.70. The quantitative estimate of drug-likeness (QED) is 0.762. The van der Waals surface area contributed by atoms with Gasteiger partial charge in [-0.25, -0.2) is 0 Å². The average Bonchev–Trinajstić information content (AvgIpc) is 2.76. The van der Waals surface area contributed by atoms with E-state index < -0.39 is 12.5 Å². The molecule has 0 aliphatic carbocycles. The fourth-order valence-corrected chi connectivity index (χ4v) is 1.33. The highest BCUT2D eigenvalue weighted by Crippen LogP contribution is 2.11. The van der Waals surface area contributed by atoms with E-state index in [2.05, 4.69) is 10.4 Å². The number of amides is 1. The lowest BCUT2D eigenvalue weighted by atomic mass is 10.3. The Balaban J connectivity index is 2.34. The lowest BCUT2D eigenvalue weighted by Gasteiger charge is -2.09. The van der Waals surface area contributed by atoms with Gasteiger partial charge in [0.05, 0.1) is 6.10 Å². The third-order valence-electron chi connectivity index (χ3n) is 2.15. The van der Waals surface area contributed by atoms with Gasteiger partial charge in [-0.1, -0.05) is 0 Å². The summed E-state index contributed by atoms with van der Waals surface area (Å²) in [4.78, 5) is 11.6. The summed E-state index contributed by atoms with van der Waals surface area (Å²) in [6, 6.07) is 1.26. The minimum Gasteiger partial charge on any atom is -0.379 e. The van der Waals surface area contributed by atoms with Crippen LogP contribution < -0.4 is 5.32 Å². The highest BCUT2D eigenvalue weighted by atomic mass is 19.3. The molecule has 0 aliphatic rings.